The highest BCUT2D eigenvalue weighted by Crippen LogP contribution is 2.17. The van der Waals surface area contributed by atoms with E-state index in [2.05, 4.69) is 35.6 Å². The molecule has 1 heterocycles. The number of carbonyl (C=O) groups is 1. The van der Waals surface area contributed by atoms with Crippen LogP contribution in [0.5, 0.6) is 0 Å². The highest BCUT2D eigenvalue weighted by atomic mass is 35.5. The van der Waals surface area contributed by atoms with Gasteiger partial charge in [-0.05, 0) is 22.4 Å². The van der Waals surface area contributed by atoms with Gasteiger partial charge in [0.05, 0.1) is 6.61 Å². The van der Waals surface area contributed by atoms with Gasteiger partial charge in [0.25, 0.3) is 5.91 Å². The van der Waals surface area contributed by atoms with Gasteiger partial charge in [-0.2, -0.15) is 0 Å². The molecular weight excluding hydrogens is 300 g/mol. The molecule has 4 nitrogen and oxygen atoms in total. The second-order valence-corrected chi connectivity index (χ2v) is 5.44. The number of hydrogen-bond donors (Lipinski definition) is 1. The summed E-state index contributed by atoms with van der Waals surface area (Å²) in [5, 5.41) is 5.60. The minimum atomic E-state index is -0.357. The number of benzene rings is 2. The number of rotatable bonds is 3. The minimum Gasteiger partial charge on any atom is -0.366 e. The van der Waals surface area contributed by atoms with E-state index in [0.29, 0.717) is 19.7 Å². The second kappa shape index (κ2) is 7.58. The number of halogens is 1. The Balaban J connectivity index is 0.00000176. The Labute approximate surface area is 136 Å². The smallest absolute Gasteiger partial charge is 0.253 e. The van der Waals surface area contributed by atoms with Gasteiger partial charge in [-0.25, -0.2) is 0 Å². The van der Waals surface area contributed by atoms with Gasteiger partial charge in [0.1, 0.15) is 6.10 Å². The van der Waals surface area contributed by atoms with Crippen molar-refractivity contribution in [3.8, 4) is 0 Å². The predicted octanol–water partition coefficient (Wildman–Crippen LogP) is 2.21. The van der Waals surface area contributed by atoms with E-state index in [1.807, 2.05) is 19.2 Å². The molecule has 0 aliphatic carbocycles. The number of nitrogens with zero attached hydrogens (tertiary/aromatic N) is 1. The van der Waals surface area contributed by atoms with Crippen molar-refractivity contribution in [3.05, 3.63) is 48.0 Å². The van der Waals surface area contributed by atoms with Crippen LogP contribution in [0.1, 0.15) is 5.56 Å². The molecule has 1 amide bonds. The SMILES string of the molecule is CN(Cc1ccc2ccccc2c1)C(=O)C1CNCCO1.Cl. The van der Waals surface area contributed by atoms with Crippen LogP contribution >= 0.6 is 12.4 Å². The average molecular weight is 321 g/mol. The zero-order chi connectivity index (χ0) is 14.7. The Morgan fingerprint density at radius 2 is 2.05 bits per heavy atom. The molecule has 2 aromatic rings. The lowest BCUT2D eigenvalue weighted by Crippen LogP contribution is -2.48. The third-order valence-corrected chi connectivity index (χ3v) is 3.81. The third kappa shape index (κ3) is 3.77. The fourth-order valence-corrected chi connectivity index (χ4v) is 2.66. The summed E-state index contributed by atoms with van der Waals surface area (Å²) in [7, 11) is 1.83. The molecule has 0 spiro atoms. The molecule has 5 heteroatoms. The lowest BCUT2D eigenvalue weighted by Gasteiger charge is -2.27. The van der Waals surface area contributed by atoms with Gasteiger partial charge >= 0.3 is 0 Å². The van der Waals surface area contributed by atoms with Crippen molar-refractivity contribution in [3.63, 3.8) is 0 Å². The molecule has 1 fully saturated rings. The highest BCUT2D eigenvalue weighted by molar-refractivity contribution is 5.85. The van der Waals surface area contributed by atoms with E-state index in [4.69, 9.17) is 4.74 Å². The molecule has 0 saturated carbocycles. The topological polar surface area (TPSA) is 41.6 Å². The molecule has 3 rings (SSSR count). The molecule has 0 radical (unpaired) electrons. The molecule has 1 aliphatic rings. The first kappa shape index (κ1) is 16.7. The number of likely N-dealkylation sites (N-methyl/N-ethyl adjacent to an activating group) is 1. The van der Waals surface area contributed by atoms with Crippen molar-refractivity contribution in [2.75, 3.05) is 26.7 Å². The molecule has 1 aliphatic heterocycles. The molecule has 118 valence electrons. The van der Waals surface area contributed by atoms with Crippen molar-refractivity contribution >= 4 is 29.1 Å². The van der Waals surface area contributed by atoms with Gasteiger partial charge in [0, 0.05) is 26.7 Å². The van der Waals surface area contributed by atoms with E-state index >= 15 is 0 Å². The molecule has 1 saturated heterocycles. The Bertz CT molecular complexity index is 641. The Hall–Kier alpha value is -1.62. The third-order valence-electron chi connectivity index (χ3n) is 3.81. The van der Waals surface area contributed by atoms with Crippen molar-refractivity contribution < 1.29 is 9.53 Å². The number of amides is 1. The van der Waals surface area contributed by atoms with E-state index in [9.17, 15) is 4.79 Å². The minimum absolute atomic E-state index is 0. The molecular formula is C17H21ClN2O2. The maximum atomic E-state index is 12.3. The lowest BCUT2D eigenvalue weighted by atomic mass is 10.1. The quantitative estimate of drug-likeness (QED) is 0.942. The molecule has 1 N–H and O–H groups in total. The van der Waals surface area contributed by atoms with Crippen molar-refractivity contribution in [1.82, 2.24) is 10.2 Å². The summed E-state index contributed by atoms with van der Waals surface area (Å²) in [5.41, 5.74) is 1.13. The normalized spacial score (nSPS) is 17.8. The second-order valence-electron chi connectivity index (χ2n) is 5.44. The first-order valence-electron chi connectivity index (χ1n) is 7.29. The summed E-state index contributed by atoms with van der Waals surface area (Å²) in [5.74, 6) is 0.0374. The van der Waals surface area contributed by atoms with Crippen LogP contribution in [0.15, 0.2) is 42.5 Å². The Morgan fingerprint density at radius 3 is 2.77 bits per heavy atom. The zero-order valence-corrected chi connectivity index (χ0v) is 13.4. The maximum absolute atomic E-state index is 12.3. The van der Waals surface area contributed by atoms with Crippen LogP contribution in [0.4, 0.5) is 0 Å². The summed E-state index contributed by atoms with van der Waals surface area (Å²) in [6.45, 7) is 2.61. The largest absolute Gasteiger partial charge is 0.366 e. The van der Waals surface area contributed by atoms with Crippen molar-refractivity contribution in [2.24, 2.45) is 0 Å². The van der Waals surface area contributed by atoms with Crippen molar-refractivity contribution in [2.45, 2.75) is 12.6 Å². The van der Waals surface area contributed by atoms with Crippen LogP contribution in [0.2, 0.25) is 0 Å². The Kier molecular flexibility index (Phi) is 5.77. The summed E-state index contributed by atoms with van der Waals surface area (Å²) in [6, 6.07) is 14.6. The fourth-order valence-electron chi connectivity index (χ4n) is 2.66. The lowest BCUT2D eigenvalue weighted by molar-refractivity contribution is -0.144. The van der Waals surface area contributed by atoms with E-state index in [1.54, 1.807) is 4.90 Å². The first-order valence-corrected chi connectivity index (χ1v) is 7.29. The average Bonchev–Trinajstić information content (AvgIpc) is 2.55. The number of fused-ring (bicyclic) bond motifs is 1. The van der Waals surface area contributed by atoms with Gasteiger partial charge in [-0.15, -0.1) is 12.4 Å². The Morgan fingerprint density at radius 1 is 1.27 bits per heavy atom. The number of carbonyl (C=O) groups excluding carboxylic acids is 1. The fraction of sp³-hybridized carbons (Fsp3) is 0.353. The van der Waals surface area contributed by atoms with Gasteiger partial charge < -0.3 is 15.0 Å². The van der Waals surface area contributed by atoms with Gasteiger partial charge in [0.15, 0.2) is 0 Å². The van der Waals surface area contributed by atoms with Crippen molar-refractivity contribution in [1.29, 1.82) is 0 Å². The van der Waals surface area contributed by atoms with Crippen LogP contribution < -0.4 is 5.32 Å². The molecule has 22 heavy (non-hydrogen) atoms. The number of ether oxygens (including phenoxy) is 1. The summed E-state index contributed by atoms with van der Waals surface area (Å²) >= 11 is 0. The van der Waals surface area contributed by atoms with E-state index in [-0.39, 0.29) is 24.4 Å². The number of hydrogen-bond acceptors (Lipinski definition) is 3. The summed E-state index contributed by atoms with van der Waals surface area (Å²) in [4.78, 5) is 14.1. The van der Waals surface area contributed by atoms with Crippen LogP contribution in [-0.2, 0) is 16.1 Å². The first-order chi connectivity index (χ1) is 10.2. The van der Waals surface area contributed by atoms with Gasteiger partial charge in [0.2, 0.25) is 0 Å². The summed E-state index contributed by atoms with van der Waals surface area (Å²) < 4.78 is 5.52. The van der Waals surface area contributed by atoms with Gasteiger partial charge in [-0.3, -0.25) is 4.79 Å². The number of morpholine rings is 1. The molecule has 2 aromatic carbocycles. The van der Waals surface area contributed by atoms with E-state index in [0.717, 1.165) is 12.1 Å². The van der Waals surface area contributed by atoms with Crippen LogP contribution in [0.3, 0.4) is 0 Å². The van der Waals surface area contributed by atoms with Gasteiger partial charge in [-0.1, -0.05) is 36.4 Å². The maximum Gasteiger partial charge on any atom is 0.253 e. The number of nitrogens with one attached hydrogen (secondary N) is 1. The van der Waals surface area contributed by atoms with Crippen LogP contribution in [0.25, 0.3) is 10.8 Å². The molecule has 1 unspecified atom stereocenters. The highest BCUT2D eigenvalue weighted by Gasteiger charge is 2.24. The van der Waals surface area contributed by atoms with E-state index in [1.165, 1.54) is 10.8 Å². The zero-order valence-electron chi connectivity index (χ0n) is 12.6. The van der Waals surface area contributed by atoms with Crippen LogP contribution in [0, 0.1) is 0 Å². The molecule has 0 bridgehead atoms. The predicted molar refractivity (Wildman–Crippen MR) is 90.3 cm³/mol. The monoisotopic (exact) mass is 320 g/mol. The van der Waals surface area contributed by atoms with E-state index < -0.39 is 0 Å². The summed E-state index contributed by atoms with van der Waals surface area (Å²) in [6.07, 6.45) is -0.357. The molecule has 1 atom stereocenters. The van der Waals surface area contributed by atoms with Crippen LogP contribution in [-0.4, -0.2) is 43.7 Å². The molecule has 0 aromatic heterocycles. The standard InChI is InChI=1S/C17H20N2O2.ClH/c1-19(17(20)16-11-18-8-9-21-16)12-13-6-7-14-4-2-3-5-15(14)10-13;/h2-7,10,16,18H,8-9,11-12H2,1H3;1H.